The summed E-state index contributed by atoms with van der Waals surface area (Å²) in [6, 6.07) is 6.80. The van der Waals surface area contributed by atoms with E-state index in [2.05, 4.69) is 5.32 Å². The van der Waals surface area contributed by atoms with Crippen LogP contribution in [0, 0.1) is 0 Å². The molecule has 25 heavy (non-hydrogen) atoms. The highest BCUT2D eigenvalue weighted by Crippen LogP contribution is 2.17. The fraction of sp³-hybridized carbons (Fsp3) is 0.611. The molecule has 7 heteroatoms. The first-order valence-electron chi connectivity index (χ1n) is 8.94. The van der Waals surface area contributed by atoms with Gasteiger partial charge in [-0.3, -0.25) is 4.79 Å². The van der Waals surface area contributed by atoms with Crippen LogP contribution in [-0.4, -0.2) is 51.0 Å². The number of ether oxygens (including phenoxy) is 1. The van der Waals surface area contributed by atoms with Crippen LogP contribution in [0.15, 0.2) is 29.2 Å². The summed E-state index contributed by atoms with van der Waals surface area (Å²) >= 11 is 0. The maximum atomic E-state index is 12.4. The van der Waals surface area contributed by atoms with Gasteiger partial charge in [0.1, 0.15) is 0 Å². The number of sulfonamides is 1. The third-order valence-electron chi connectivity index (χ3n) is 4.46. The van der Waals surface area contributed by atoms with E-state index in [1.807, 2.05) is 13.8 Å². The van der Waals surface area contributed by atoms with Gasteiger partial charge in [0.05, 0.1) is 11.0 Å². The van der Waals surface area contributed by atoms with Crippen molar-refractivity contribution in [1.29, 1.82) is 0 Å². The van der Waals surface area contributed by atoms with Gasteiger partial charge in [-0.2, -0.15) is 4.31 Å². The summed E-state index contributed by atoms with van der Waals surface area (Å²) in [5.41, 5.74) is 0.950. The van der Waals surface area contributed by atoms with Gasteiger partial charge in [-0.15, -0.1) is 0 Å². The largest absolute Gasteiger partial charge is 0.376 e. The lowest BCUT2D eigenvalue weighted by Gasteiger charge is -2.18. The summed E-state index contributed by atoms with van der Waals surface area (Å²) in [7, 11) is -3.43. The zero-order valence-electron chi connectivity index (χ0n) is 15.0. The molecule has 1 aromatic rings. The molecule has 1 aliphatic rings. The number of rotatable bonds is 9. The van der Waals surface area contributed by atoms with Crippen LogP contribution >= 0.6 is 0 Å². The molecule has 1 N–H and O–H groups in total. The first kappa shape index (κ1) is 19.9. The number of carbonyl (C=O) groups excluding carboxylic acids is 1. The topological polar surface area (TPSA) is 75.7 Å². The molecule has 2 rings (SSSR count). The molecule has 0 aliphatic carbocycles. The van der Waals surface area contributed by atoms with Crippen LogP contribution in [0.5, 0.6) is 0 Å². The summed E-state index contributed by atoms with van der Waals surface area (Å²) in [6.07, 6.45) is 3.18. The summed E-state index contributed by atoms with van der Waals surface area (Å²) in [6.45, 7) is 5.90. The molecule has 1 heterocycles. The van der Waals surface area contributed by atoms with Crippen molar-refractivity contribution in [1.82, 2.24) is 9.62 Å². The maximum Gasteiger partial charge on any atom is 0.243 e. The average molecular weight is 368 g/mol. The Balaban J connectivity index is 1.84. The van der Waals surface area contributed by atoms with Crippen molar-refractivity contribution < 1.29 is 17.9 Å². The predicted molar refractivity (Wildman–Crippen MR) is 96.9 cm³/mol. The zero-order chi connectivity index (χ0) is 18.3. The van der Waals surface area contributed by atoms with E-state index in [9.17, 15) is 13.2 Å². The monoisotopic (exact) mass is 368 g/mol. The second kappa shape index (κ2) is 9.31. The number of nitrogens with one attached hydrogen (secondary N) is 1. The molecule has 0 saturated carbocycles. The molecule has 0 spiro atoms. The van der Waals surface area contributed by atoms with Crippen molar-refractivity contribution in [2.45, 2.75) is 50.5 Å². The van der Waals surface area contributed by atoms with Crippen molar-refractivity contribution in [3.63, 3.8) is 0 Å². The number of benzene rings is 1. The van der Waals surface area contributed by atoms with Gasteiger partial charge in [0.15, 0.2) is 0 Å². The Bertz CT molecular complexity index is 648. The summed E-state index contributed by atoms with van der Waals surface area (Å²) < 4.78 is 31.8. The number of amides is 1. The molecular weight excluding hydrogens is 340 g/mol. The highest BCUT2D eigenvalue weighted by molar-refractivity contribution is 7.89. The lowest BCUT2D eigenvalue weighted by atomic mass is 10.1. The Morgan fingerprint density at radius 2 is 1.92 bits per heavy atom. The number of hydrogen-bond acceptors (Lipinski definition) is 4. The molecule has 140 valence electrons. The molecule has 0 aromatic heterocycles. The summed E-state index contributed by atoms with van der Waals surface area (Å²) in [5.74, 6) is -0.00432. The quantitative estimate of drug-likeness (QED) is 0.723. The molecule has 1 atom stereocenters. The van der Waals surface area contributed by atoms with Crippen molar-refractivity contribution in [3.8, 4) is 0 Å². The van der Waals surface area contributed by atoms with E-state index in [4.69, 9.17) is 4.74 Å². The SMILES string of the molecule is CCN(CC)S(=O)(=O)c1ccc(CCC(=O)NCC2CCCO2)cc1. The Morgan fingerprint density at radius 3 is 2.48 bits per heavy atom. The van der Waals surface area contributed by atoms with Crippen LogP contribution in [0.1, 0.15) is 38.7 Å². The van der Waals surface area contributed by atoms with Crippen LogP contribution in [0.3, 0.4) is 0 Å². The maximum absolute atomic E-state index is 12.4. The van der Waals surface area contributed by atoms with E-state index in [-0.39, 0.29) is 12.0 Å². The van der Waals surface area contributed by atoms with E-state index < -0.39 is 10.0 Å². The minimum absolute atomic E-state index is 0.00432. The van der Waals surface area contributed by atoms with E-state index in [1.165, 1.54) is 4.31 Å². The van der Waals surface area contributed by atoms with Crippen LogP contribution < -0.4 is 5.32 Å². The minimum Gasteiger partial charge on any atom is -0.376 e. The predicted octanol–water partition coefficient (Wildman–Crippen LogP) is 1.94. The molecule has 1 aliphatic heterocycles. The fourth-order valence-electron chi connectivity index (χ4n) is 2.92. The van der Waals surface area contributed by atoms with Crippen LogP contribution in [0.25, 0.3) is 0 Å². The van der Waals surface area contributed by atoms with E-state index >= 15 is 0 Å². The van der Waals surface area contributed by atoms with Gasteiger partial charge in [-0.25, -0.2) is 8.42 Å². The number of carbonyl (C=O) groups is 1. The smallest absolute Gasteiger partial charge is 0.243 e. The Kier molecular flexibility index (Phi) is 7.40. The van der Waals surface area contributed by atoms with E-state index in [0.717, 1.165) is 25.0 Å². The summed E-state index contributed by atoms with van der Waals surface area (Å²) in [5, 5.41) is 2.89. The Morgan fingerprint density at radius 1 is 1.24 bits per heavy atom. The molecular formula is C18H28N2O4S. The van der Waals surface area contributed by atoms with Crippen molar-refractivity contribution in [3.05, 3.63) is 29.8 Å². The second-order valence-corrected chi connectivity index (χ2v) is 8.11. The lowest BCUT2D eigenvalue weighted by Crippen LogP contribution is -2.31. The molecule has 6 nitrogen and oxygen atoms in total. The lowest BCUT2D eigenvalue weighted by molar-refractivity contribution is -0.121. The second-order valence-electron chi connectivity index (χ2n) is 6.17. The molecule has 0 radical (unpaired) electrons. The number of aryl methyl sites for hydroxylation is 1. The number of hydrogen-bond donors (Lipinski definition) is 1. The molecule has 1 fully saturated rings. The molecule has 1 aromatic carbocycles. The van der Waals surface area contributed by atoms with E-state index in [0.29, 0.717) is 37.4 Å². The van der Waals surface area contributed by atoms with Crippen LogP contribution in [0.2, 0.25) is 0 Å². The third-order valence-corrected chi connectivity index (χ3v) is 6.52. The van der Waals surface area contributed by atoms with Gasteiger partial charge in [-0.05, 0) is 37.0 Å². The van der Waals surface area contributed by atoms with Crippen LogP contribution in [0.4, 0.5) is 0 Å². The summed E-state index contributed by atoms with van der Waals surface area (Å²) in [4.78, 5) is 12.2. The standard InChI is InChI=1S/C18H28N2O4S/c1-3-20(4-2)25(22,23)17-10-7-15(8-11-17)9-12-18(21)19-14-16-6-5-13-24-16/h7-8,10-11,16H,3-6,9,12-14H2,1-2H3,(H,19,21). The molecule has 1 saturated heterocycles. The average Bonchev–Trinajstić information content (AvgIpc) is 3.13. The first-order chi connectivity index (χ1) is 12.0. The first-order valence-corrected chi connectivity index (χ1v) is 10.4. The van der Waals surface area contributed by atoms with Crippen molar-refractivity contribution in [2.24, 2.45) is 0 Å². The van der Waals surface area contributed by atoms with Gasteiger partial charge >= 0.3 is 0 Å². The Hall–Kier alpha value is -1.44. The highest BCUT2D eigenvalue weighted by atomic mass is 32.2. The minimum atomic E-state index is -3.43. The number of nitrogens with zero attached hydrogens (tertiary/aromatic N) is 1. The molecule has 0 bridgehead atoms. The van der Waals surface area contributed by atoms with Crippen molar-refractivity contribution >= 4 is 15.9 Å². The molecule has 1 amide bonds. The molecule has 1 unspecified atom stereocenters. The van der Waals surface area contributed by atoms with Crippen LogP contribution in [-0.2, 0) is 26.0 Å². The van der Waals surface area contributed by atoms with Gasteiger partial charge in [-0.1, -0.05) is 26.0 Å². The van der Waals surface area contributed by atoms with Gasteiger partial charge < -0.3 is 10.1 Å². The van der Waals surface area contributed by atoms with Gasteiger partial charge in [0.25, 0.3) is 0 Å². The van der Waals surface area contributed by atoms with Gasteiger partial charge in [0.2, 0.25) is 15.9 Å². The highest BCUT2D eigenvalue weighted by Gasteiger charge is 2.21. The zero-order valence-corrected chi connectivity index (χ0v) is 15.8. The third kappa shape index (κ3) is 5.52. The van der Waals surface area contributed by atoms with E-state index in [1.54, 1.807) is 24.3 Å². The van der Waals surface area contributed by atoms with Crippen molar-refractivity contribution in [2.75, 3.05) is 26.2 Å². The fourth-order valence-corrected chi connectivity index (χ4v) is 4.38. The van der Waals surface area contributed by atoms with Gasteiger partial charge in [0, 0.05) is 32.7 Å². The normalized spacial score (nSPS) is 17.8. The Labute approximate surface area is 150 Å².